The first-order valence-corrected chi connectivity index (χ1v) is 10.1. The summed E-state index contributed by atoms with van der Waals surface area (Å²) in [6.45, 7) is 3.24. The summed E-state index contributed by atoms with van der Waals surface area (Å²) >= 11 is 0. The number of hydrogen-bond acceptors (Lipinski definition) is 4. The fourth-order valence-corrected chi connectivity index (χ4v) is 4.02. The van der Waals surface area contributed by atoms with Gasteiger partial charge in [0, 0.05) is 18.7 Å². The maximum atomic E-state index is 12.6. The van der Waals surface area contributed by atoms with Crippen molar-refractivity contribution in [2.24, 2.45) is 0 Å². The van der Waals surface area contributed by atoms with E-state index >= 15 is 0 Å². The van der Waals surface area contributed by atoms with E-state index in [1.807, 2.05) is 18.2 Å². The Kier molecular flexibility index (Phi) is 5.71. The summed E-state index contributed by atoms with van der Waals surface area (Å²) in [7, 11) is 0. The summed E-state index contributed by atoms with van der Waals surface area (Å²) in [5.41, 5.74) is 3.48. The average molecular weight is 391 g/mol. The second-order valence-corrected chi connectivity index (χ2v) is 7.65. The molecule has 2 aliphatic heterocycles. The molecule has 6 heteroatoms. The molecule has 2 aliphatic rings. The molecule has 0 spiro atoms. The summed E-state index contributed by atoms with van der Waals surface area (Å²) in [5.74, 6) is -1.07. The van der Waals surface area contributed by atoms with Crippen molar-refractivity contribution in [2.45, 2.75) is 32.4 Å². The fourth-order valence-electron chi connectivity index (χ4n) is 4.02. The van der Waals surface area contributed by atoms with Crippen molar-refractivity contribution in [3.05, 3.63) is 70.8 Å². The standard InChI is InChI=1S/C23H25N3O3/c27-21(16-26-22(28)13-17-7-3-4-10-20(17)23(26)29)24-14-18-8-1-2-9-19(18)15-25-11-5-6-12-25/h1-4,7-10H,5-6,11-16H2,(H,24,27). The van der Waals surface area contributed by atoms with Gasteiger partial charge in [0.05, 0.1) is 6.42 Å². The predicted octanol–water partition coefficient (Wildman–Crippen LogP) is 2.12. The number of rotatable bonds is 6. The Morgan fingerprint density at radius 3 is 2.41 bits per heavy atom. The third-order valence-electron chi connectivity index (χ3n) is 5.62. The van der Waals surface area contributed by atoms with Crippen LogP contribution in [0.4, 0.5) is 0 Å². The molecule has 2 heterocycles. The minimum Gasteiger partial charge on any atom is -0.350 e. The van der Waals surface area contributed by atoms with Crippen LogP contribution >= 0.6 is 0 Å². The van der Waals surface area contributed by atoms with Crippen molar-refractivity contribution in [3.8, 4) is 0 Å². The zero-order chi connectivity index (χ0) is 20.2. The number of fused-ring (bicyclic) bond motifs is 1. The van der Waals surface area contributed by atoms with E-state index in [4.69, 9.17) is 0 Å². The highest BCUT2D eigenvalue weighted by atomic mass is 16.2. The highest BCUT2D eigenvalue weighted by molar-refractivity contribution is 6.11. The monoisotopic (exact) mass is 391 g/mol. The Bertz CT molecular complexity index is 934. The Balaban J connectivity index is 1.37. The zero-order valence-corrected chi connectivity index (χ0v) is 16.4. The van der Waals surface area contributed by atoms with Gasteiger partial charge in [-0.2, -0.15) is 0 Å². The molecule has 1 fully saturated rings. The normalized spacial score (nSPS) is 16.8. The lowest BCUT2D eigenvalue weighted by atomic mass is 9.98. The van der Waals surface area contributed by atoms with Gasteiger partial charge in [0.15, 0.2) is 0 Å². The lowest BCUT2D eigenvalue weighted by Gasteiger charge is -2.26. The maximum absolute atomic E-state index is 12.6. The van der Waals surface area contributed by atoms with Crippen molar-refractivity contribution < 1.29 is 14.4 Å². The molecule has 2 aromatic carbocycles. The molecule has 0 aliphatic carbocycles. The van der Waals surface area contributed by atoms with E-state index in [1.165, 1.54) is 18.4 Å². The van der Waals surface area contributed by atoms with Crippen LogP contribution in [0.15, 0.2) is 48.5 Å². The lowest BCUT2D eigenvalue weighted by molar-refractivity contribution is -0.133. The van der Waals surface area contributed by atoms with Gasteiger partial charge in [-0.15, -0.1) is 0 Å². The molecule has 0 unspecified atom stereocenters. The molecule has 0 aromatic heterocycles. The van der Waals surface area contributed by atoms with Gasteiger partial charge in [0.1, 0.15) is 6.54 Å². The van der Waals surface area contributed by atoms with Crippen LogP contribution in [0.1, 0.15) is 39.9 Å². The van der Waals surface area contributed by atoms with Gasteiger partial charge in [0.2, 0.25) is 11.8 Å². The van der Waals surface area contributed by atoms with Gasteiger partial charge in [-0.25, -0.2) is 0 Å². The minimum absolute atomic E-state index is 0.147. The number of likely N-dealkylation sites (tertiary alicyclic amines) is 1. The number of nitrogens with one attached hydrogen (secondary N) is 1. The van der Waals surface area contributed by atoms with Gasteiger partial charge < -0.3 is 5.32 Å². The molecule has 2 aromatic rings. The topological polar surface area (TPSA) is 69.7 Å². The van der Waals surface area contributed by atoms with E-state index in [-0.39, 0.29) is 24.8 Å². The van der Waals surface area contributed by atoms with Crippen LogP contribution in [-0.4, -0.2) is 47.2 Å². The summed E-state index contributed by atoms with van der Waals surface area (Å²) < 4.78 is 0. The van der Waals surface area contributed by atoms with Gasteiger partial charge >= 0.3 is 0 Å². The molecule has 0 bridgehead atoms. The van der Waals surface area contributed by atoms with Crippen LogP contribution in [0.3, 0.4) is 0 Å². The third kappa shape index (κ3) is 4.38. The molecule has 0 radical (unpaired) electrons. The van der Waals surface area contributed by atoms with E-state index in [9.17, 15) is 14.4 Å². The third-order valence-corrected chi connectivity index (χ3v) is 5.62. The number of benzene rings is 2. The molecular formula is C23H25N3O3. The van der Waals surface area contributed by atoms with Gasteiger partial charge in [-0.05, 0) is 48.7 Å². The van der Waals surface area contributed by atoms with E-state index in [2.05, 4.69) is 16.3 Å². The smallest absolute Gasteiger partial charge is 0.261 e. The Hall–Kier alpha value is -2.99. The summed E-state index contributed by atoms with van der Waals surface area (Å²) in [6.07, 6.45) is 2.62. The largest absolute Gasteiger partial charge is 0.350 e. The number of hydrogen-bond donors (Lipinski definition) is 1. The van der Waals surface area contributed by atoms with E-state index in [0.717, 1.165) is 35.7 Å². The molecule has 29 heavy (non-hydrogen) atoms. The van der Waals surface area contributed by atoms with Crippen LogP contribution < -0.4 is 5.32 Å². The summed E-state index contributed by atoms with van der Waals surface area (Å²) in [6, 6.07) is 15.1. The molecule has 4 rings (SSSR count). The number of imide groups is 1. The second kappa shape index (κ2) is 8.57. The quantitative estimate of drug-likeness (QED) is 0.766. The molecule has 150 valence electrons. The first-order valence-electron chi connectivity index (χ1n) is 10.1. The lowest BCUT2D eigenvalue weighted by Crippen LogP contribution is -2.47. The SMILES string of the molecule is O=C(CN1C(=O)Cc2ccccc2C1=O)NCc1ccccc1CN1CCCC1. The van der Waals surface area contributed by atoms with Crippen LogP contribution in [0.2, 0.25) is 0 Å². The highest BCUT2D eigenvalue weighted by Crippen LogP contribution is 2.19. The first-order chi connectivity index (χ1) is 14.1. The highest BCUT2D eigenvalue weighted by Gasteiger charge is 2.31. The maximum Gasteiger partial charge on any atom is 0.261 e. The zero-order valence-electron chi connectivity index (χ0n) is 16.4. The second-order valence-electron chi connectivity index (χ2n) is 7.65. The van der Waals surface area contributed by atoms with Crippen LogP contribution in [0.25, 0.3) is 0 Å². The molecule has 1 N–H and O–H groups in total. The van der Waals surface area contributed by atoms with Crippen molar-refractivity contribution in [1.82, 2.24) is 15.1 Å². The molecule has 3 amide bonds. The average Bonchev–Trinajstić information content (AvgIpc) is 3.23. The number of amides is 3. The van der Waals surface area contributed by atoms with E-state index in [1.54, 1.807) is 24.3 Å². The number of carbonyl (C=O) groups excluding carboxylic acids is 3. The van der Waals surface area contributed by atoms with Crippen molar-refractivity contribution >= 4 is 17.7 Å². The Morgan fingerprint density at radius 2 is 1.62 bits per heavy atom. The van der Waals surface area contributed by atoms with Crippen LogP contribution in [0, 0.1) is 0 Å². The molecule has 1 saturated heterocycles. The Labute approximate surface area is 170 Å². The van der Waals surface area contributed by atoms with E-state index in [0.29, 0.717) is 12.1 Å². The van der Waals surface area contributed by atoms with Crippen LogP contribution in [-0.2, 0) is 29.1 Å². The van der Waals surface area contributed by atoms with Crippen molar-refractivity contribution in [2.75, 3.05) is 19.6 Å². The summed E-state index contributed by atoms with van der Waals surface area (Å²) in [4.78, 5) is 40.9. The molecule has 6 nitrogen and oxygen atoms in total. The summed E-state index contributed by atoms with van der Waals surface area (Å²) in [5, 5.41) is 2.87. The van der Waals surface area contributed by atoms with Crippen molar-refractivity contribution in [1.29, 1.82) is 0 Å². The predicted molar refractivity (Wildman–Crippen MR) is 109 cm³/mol. The molecule has 0 saturated carbocycles. The number of carbonyl (C=O) groups is 3. The minimum atomic E-state index is -0.401. The Morgan fingerprint density at radius 1 is 0.931 bits per heavy atom. The fraction of sp³-hybridized carbons (Fsp3) is 0.348. The molecular weight excluding hydrogens is 366 g/mol. The first kappa shape index (κ1) is 19.3. The molecule has 0 atom stereocenters. The van der Waals surface area contributed by atoms with Crippen molar-refractivity contribution in [3.63, 3.8) is 0 Å². The van der Waals surface area contributed by atoms with Crippen LogP contribution in [0.5, 0.6) is 0 Å². The number of nitrogens with zero attached hydrogens (tertiary/aromatic N) is 2. The van der Waals surface area contributed by atoms with Gasteiger partial charge in [0.25, 0.3) is 5.91 Å². The van der Waals surface area contributed by atoms with Gasteiger partial charge in [-0.3, -0.25) is 24.2 Å². The van der Waals surface area contributed by atoms with Gasteiger partial charge in [-0.1, -0.05) is 42.5 Å². The van der Waals surface area contributed by atoms with E-state index < -0.39 is 5.91 Å².